The maximum atomic E-state index is 13.0. The Balaban J connectivity index is 1.17. The first-order valence-corrected chi connectivity index (χ1v) is 12.3. The van der Waals surface area contributed by atoms with E-state index in [9.17, 15) is 4.79 Å². The molecule has 7 nitrogen and oxygen atoms in total. The molecule has 0 spiro atoms. The lowest BCUT2D eigenvalue weighted by Gasteiger charge is -2.34. The van der Waals surface area contributed by atoms with Gasteiger partial charge in [0, 0.05) is 54.3 Å². The van der Waals surface area contributed by atoms with Crippen LogP contribution in [0.2, 0.25) is 5.02 Å². The van der Waals surface area contributed by atoms with Crippen LogP contribution in [0.1, 0.15) is 16.2 Å². The van der Waals surface area contributed by atoms with Crippen LogP contribution in [0, 0.1) is 0 Å². The highest BCUT2D eigenvalue weighted by atomic mass is 35.5. The smallest absolute Gasteiger partial charge is 0.271 e. The first kappa shape index (κ1) is 22.6. The van der Waals surface area contributed by atoms with Crippen molar-refractivity contribution < 1.29 is 9.53 Å². The van der Waals surface area contributed by atoms with Crippen LogP contribution in [0.15, 0.2) is 60.0 Å². The van der Waals surface area contributed by atoms with Crippen LogP contribution in [-0.2, 0) is 6.54 Å². The van der Waals surface area contributed by atoms with Crippen LogP contribution in [0.4, 0.5) is 0 Å². The number of aromatic amines is 1. The summed E-state index contributed by atoms with van der Waals surface area (Å²) >= 11 is 7.62. The number of carbonyl (C=O) groups excluding carboxylic acids is 1. The van der Waals surface area contributed by atoms with Gasteiger partial charge in [-0.25, -0.2) is 4.98 Å². The lowest BCUT2D eigenvalue weighted by molar-refractivity contribution is 0.0621. The minimum Gasteiger partial charge on any atom is -0.497 e. The van der Waals surface area contributed by atoms with Crippen molar-refractivity contribution in [3.05, 3.63) is 76.4 Å². The number of hydrogen-bond donors (Lipinski definition) is 1. The zero-order valence-corrected chi connectivity index (χ0v) is 20.3. The van der Waals surface area contributed by atoms with Crippen LogP contribution in [0.3, 0.4) is 0 Å². The Kier molecular flexibility index (Phi) is 6.62. The third kappa shape index (κ3) is 4.99. The van der Waals surface area contributed by atoms with E-state index in [0.717, 1.165) is 57.9 Å². The number of thiazole rings is 1. The average molecular weight is 494 g/mol. The minimum absolute atomic E-state index is 0.0278. The number of methoxy groups -OCH3 is 1. The number of carbonyl (C=O) groups is 1. The van der Waals surface area contributed by atoms with Crippen LogP contribution in [0.25, 0.3) is 21.8 Å². The molecule has 1 aliphatic heterocycles. The van der Waals surface area contributed by atoms with Gasteiger partial charge in [-0.15, -0.1) is 11.3 Å². The van der Waals surface area contributed by atoms with Crippen molar-refractivity contribution in [3.63, 3.8) is 0 Å². The molecule has 4 aromatic rings. The monoisotopic (exact) mass is 493 g/mol. The lowest BCUT2D eigenvalue weighted by Crippen LogP contribution is -2.48. The normalized spacial score (nSPS) is 14.4. The molecule has 174 valence electrons. The number of rotatable bonds is 6. The van der Waals surface area contributed by atoms with Gasteiger partial charge in [0.2, 0.25) is 0 Å². The molecule has 0 bridgehead atoms. The van der Waals surface area contributed by atoms with E-state index in [-0.39, 0.29) is 5.91 Å². The van der Waals surface area contributed by atoms with E-state index >= 15 is 0 Å². The summed E-state index contributed by atoms with van der Waals surface area (Å²) in [6.07, 6.45) is 0. The van der Waals surface area contributed by atoms with E-state index in [1.165, 1.54) is 0 Å². The molecule has 1 N–H and O–H groups in total. The number of H-pyrrole nitrogens is 1. The van der Waals surface area contributed by atoms with Gasteiger partial charge < -0.3 is 9.64 Å². The number of nitrogens with zero attached hydrogens (tertiary/aromatic N) is 4. The van der Waals surface area contributed by atoms with Gasteiger partial charge in [-0.1, -0.05) is 35.9 Å². The van der Waals surface area contributed by atoms with Crippen molar-refractivity contribution in [1.82, 2.24) is 25.0 Å². The molecule has 0 saturated carbocycles. The summed E-state index contributed by atoms with van der Waals surface area (Å²) < 4.78 is 5.28. The van der Waals surface area contributed by atoms with E-state index in [0.29, 0.717) is 18.8 Å². The topological polar surface area (TPSA) is 74.3 Å². The number of halogens is 1. The van der Waals surface area contributed by atoms with Crippen molar-refractivity contribution >= 4 is 28.8 Å². The van der Waals surface area contributed by atoms with Gasteiger partial charge >= 0.3 is 0 Å². The van der Waals surface area contributed by atoms with Crippen molar-refractivity contribution in [1.29, 1.82) is 0 Å². The SMILES string of the molecule is COc1cccc(-c2cc(C(=O)N3CCN(Cc4csc(-c5ccc(Cl)cc5)n4)CC3)[nH]n2)c1. The molecule has 1 saturated heterocycles. The predicted octanol–water partition coefficient (Wildman–Crippen LogP) is 4.82. The molecule has 1 aliphatic rings. The van der Waals surface area contributed by atoms with Crippen LogP contribution < -0.4 is 4.74 Å². The van der Waals surface area contributed by atoms with E-state index in [1.807, 2.05) is 53.4 Å². The van der Waals surface area contributed by atoms with Crippen molar-refractivity contribution in [2.24, 2.45) is 0 Å². The fourth-order valence-corrected chi connectivity index (χ4v) is 4.92. The Morgan fingerprint density at radius 1 is 1.09 bits per heavy atom. The number of benzene rings is 2. The van der Waals surface area contributed by atoms with Gasteiger partial charge in [-0.3, -0.25) is 14.8 Å². The molecule has 2 aromatic carbocycles. The highest BCUT2D eigenvalue weighted by Gasteiger charge is 2.24. The quantitative estimate of drug-likeness (QED) is 0.417. The highest BCUT2D eigenvalue weighted by Crippen LogP contribution is 2.26. The second-order valence-corrected chi connectivity index (χ2v) is 9.41. The summed E-state index contributed by atoms with van der Waals surface area (Å²) in [5.41, 5.74) is 4.25. The summed E-state index contributed by atoms with van der Waals surface area (Å²) in [6, 6.07) is 17.2. The molecule has 0 aliphatic carbocycles. The predicted molar refractivity (Wildman–Crippen MR) is 134 cm³/mol. The van der Waals surface area contributed by atoms with E-state index in [1.54, 1.807) is 24.5 Å². The number of piperazine rings is 1. The number of nitrogens with one attached hydrogen (secondary N) is 1. The average Bonchev–Trinajstić information content (AvgIpc) is 3.55. The Bertz CT molecular complexity index is 1280. The van der Waals surface area contributed by atoms with Crippen LogP contribution >= 0.6 is 22.9 Å². The Morgan fingerprint density at radius 3 is 2.65 bits per heavy atom. The van der Waals surface area contributed by atoms with Gasteiger partial charge in [0.1, 0.15) is 16.5 Å². The Labute approximate surface area is 207 Å². The summed E-state index contributed by atoms with van der Waals surface area (Å²) in [4.78, 5) is 22.0. The maximum Gasteiger partial charge on any atom is 0.271 e. The van der Waals surface area contributed by atoms with Gasteiger partial charge in [0.05, 0.1) is 18.5 Å². The third-order valence-corrected chi connectivity index (χ3v) is 7.05. The molecule has 3 heterocycles. The van der Waals surface area contributed by atoms with Gasteiger partial charge in [-0.2, -0.15) is 5.10 Å². The van der Waals surface area contributed by atoms with E-state index < -0.39 is 0 Å². The molecule has 34 heavy (non-hydrogen) atoms. The molecule has 2 aromatic heterocycles. The van der Waals surface area contributed by atoms with E-state index in [4.69, 9.17) is 21.3 Å². The largest absolute Gasteiger partial charge is 0.497 e. The molecule has 5 rings (SSSR count). The fourth-order valence-electron chi connectivity index (χ4n) is 3.97. The summed E-state index contributed by atoms with van der Waals surface area (Å²) in [5.74, 6) is 0.727. The molecule has 1 amide bonds. The molecule has 0 radical (unpaired) electrons. The molecular formula is C25H24ClN5O2S. The van der Waals surface area contributed by atoms with E-state index in [2.05, 4.69) is 20.5 Å². The standard InChI is InChI=1S/C25H24ClN5O2S/c1-33-21-4-2-3-18(13-21)22-14-23(29-28-22)25(32)31-11-9-30(10-12-31)15-20-16-34-24(27-20)17-5-7-19(26)8-6-17/h2-8,13-14,16H,9-12,15H2,1H3,(H,28,29). The fraction of sp³-hybridized carbons (Fsp3) is 0.240. The minimum atomic E-state index is -0.0278. The summed E-state index contributed by atoms with van der Waals surface area (Å²) in [5, 5.41) is 11.0. The van der Waals surface area contributed by atoms with Crippen molar-refractivity contribution in [2.45, 2.75) is 6.54 Å². The lowest BCUT2D eigenvalue weighted by atomic mass is 10.1. The maximum absolute atomic E-state index is 13.0. The molecular weight excluding hydrogens is 470 g/mol. The number of ether oxygens (including phenoxy) is 1. The van der Waals surface area contributed by atoms with Crippen LogP contribution in [0.5, 0.6) is 5.75 Å². The Hall–Kier alpha value is -3.20. The molecule has 1 fully saturated rings. The zero-order valence-electron chi connectivity index (χ0n) is 18.7. The third-order valence-electron chi connectivity index (χ3n) is 5.86. The van der Waals surface area contributed by atoms with Gasteiger partial charge in [0.15, 0.2) is 0 Å². The summed E-state index contributed by atoms with van der Waals surface area (Å²) in [7, 11) is 1.63. The van der Waals surface area contributed by atoms with Gasteiger partial charge in [-0.05, 0) is 30.3 Å². The number of aromatic nitrogens is 3. The van der Waals surface area contributed by atoms with Crippen molar-refractivity contribution in [2.75, 3.05) is 33.3 Å². The number of amides is 1. The first-order chi connectivity index (χ1) is 16.6. The second kappa shape index (κ2) is 9.97. The summed E-state index contributed by atoms with van der Waals surface area (Å²) in [6.45, 7) is 3.71. The Morgan fingerprint density at radius 2 is 1.88 bits per heavy atom. The van der Waals surface area contributed by atoms with Gasteiger partial charge in [0.25, 0.3) is 5.91 Å². The van der Waals surface area contributed by atoms with Crippen LogP contribution in [-0.4, -0.2) is 64.2 Å². The highest BCUT2D eigenvalue weighted by molar-refractivity contribution is 7.13. The second-order valence-electron chi connectivity index (χ2n) is 8.12. The number of hydrogen-bond acceptors (Lipinski definition) is 6. The first-order valence-electron chi connectivity index (χ1n) is 11.0. The molecule has 9 heteroatoms. The van der Waals surface area contributed by atoms with Crippen molar-refractivity contribution in [3.8, 4) is 27.6 Å². The molecule has 0 atom stereocenters. The molecule has 0 unspecified atom stereocenters. The zero-order chi connectivity index (χ0) is 23.5.